The van der Waals surface area contributed by atoms with Gasteiger partial charge in [-0.1, -0.05) is 12.1 Å². The summed E-state index contributed by atoms with van der Waals surface area (Å²) in [6.07, 6.45) is -0.104. The Kier molecular flexibility index (Phi) is 4.44. The zero-order valence-corrected chi connectivity index (χ0v) is 10.6. The van der Waals surface area contributed by atoms with Gasteiger partial charge in [-0.25, -0.2) is 0 Å². The van der Waals surface area contributed by atoms with Crippen LogP contribution >= 0.6 is 0 Å². The monoisotopic (exact) mass is 279 g/mol. The molecule has 1 aromatic carbocycles. The van der Waals surface area contributed by atoms with E-state index >= 15 is 0 Å². The predicted octanol–water partition coefficient (Wildman–Crippen LogP) is 0.705. The van der Waals surface area contributed by atoms with Crippen LogP contribution in [0.4, 0.5) is 0 Å². The highest BCUT2D eigenvalue weighted by molar-refractivity contribution is 6.20. The Morgan fingerprint density at radius 3 is 2.20 bits per heavy atom. The molecule has 0 fully saturated rings. The molecule has 0 saturated heterocycles. The van der Waals surface area contributed by atoms with Crippen molar-refractivity contribution in [3.05, 3.63) is 35.4 Å². The number of nitrogens with zero attached hydrogens (tertiary/aromatic N) is 1. The molecule has 0 saturated carbocycles. The fourth-order valence-corrected chi connectivity index (χ4v) is 1.73. The number of carboxylic acids is 1. The molecule has 1 heterocycles. The van der Waals surface area contributed by atoms with Crippen molar-refractivity contribution in [3.8, 4) is 0 Å². The summed E-state index contributed by atoms with van der Waals surface area (Å²) < 4.78 is 5.00. The van der Waals surface area contributed by atoms with Gasteiger partial charge in [-0.3, -0.25) is 19.2 Å². The zero-order chi connectivity index (χ0) is 14.5. The van der Waals surface area contributed by atoms with E-state index in [1.54, 1.807) is 24.3 Å². The lowest BCUT2D eigenvalue weighted by Crippen LogP contribution is -2.31. The molecule has 7 nitrogen and oxygen atoms in total. The number of hydrogen-bond acceptors (Lipinski definition) is 5. The second kappa shape index (κ2) is 6.27. The van der Waals surface area contributed by atoms with E-state index in [1.165, 1.54) is 0 Å². The Bertz CT molecular complexity index is 506. The Morgan fingerprint density at radius 1 is 1.05 bits per heavy atom. The fourth-order valence-electron chi connectivity index (χ4n) is 1.73. The minimum absolute atomic E-state index is 0.00884. The minimum Gasteiger partial charge on any atom is -0.481 e. The standard InChI is InChI=1S/C13H13NO6/c15-11(16)5-6-19-7-8-20-14-12(17)9-3-1-2-4-10(9)13(14)18/h1-4H,5-8H2,(H,15,16). The van der Waals surface area contributed by atoms with Gasteiger partial charge >= 0.3 is 5.97 Å². The molecular weight excluding hydrogens is 266 g/mol. The van der Waals surface area contributed by atoms with Crippen molar-refractivity contribution in [3.63, 3.8) is 0 Å². The first-order chi connectivity index (χ1) is 9.61. The number of benzene rings is 1. The van der Waals surface area contributed by atoms with Gasteiger partial charge in [0, 0.05) is 0 Å². The second-order valence-corrected chi connectivity index (χ2v) is 4.04. The first-order valence-corrected chi connectivity index (χ1v) is 6.01. The summed E-state index contributed by atoms with van der Waals surface area (Å²) in [7, 11) is 0. The van der Waals surface area contributed by atoms with Crippen LogP contribution in [0.1, 0.15) is 27.1 Å². The predicted molar refractivity (Wildman–Crippen MR) is 66.0 cm³/mol. The maximum Gasteiger partial charge on any atom is 0.305 e. The van der Waals surface area contributed by atoms with Gasteiger partial charge in [0.05, 0.1) is 37.4 Å². The van der Waals surface area contributed by atoms with E-state index in [0.717, 1.165) is 0 Å². The van der Waals surface area contributed by atoms with E-state index in [2.05, 4.69) is 0 Å². The molecule has 0 atom stereocenters. The molecule has 0 radical (unpaired) electrons. The van der Waals surface area contributed by atoms with E-state index in [4.69, 9.17) is 14.7 Å². The van der Waals surface area contributed by atoms with Gasteiger partial charge in [0.1, 0.15) is 0 Å². The highest BCUT2D eigenvalue weighted by atomic mass is 16.7. The lowest BCUT2D eigenvalue weighted by molar-refractivity contribution is -0.138. The number of ether oxygens (including phenoxy) is 1. The van der Waals surface area contributed by atoms with Crippen LogP contribution in [-0.4, -0.2) is 47.8 Å². The van der Waals surface area contributed by atoms with Crippen molar-refractivity contribution in [1.82, 2.24) is 5.06 Å². The summed E-state index contributed by atoms with van der Waals surface area (Å²) in [5.41, 5.74) is 0.619. The summed E-state index contributed by atoms with van der Waals surface area (Å²) >= 11 is 0. The van der Waals surface area contributed by atoms with Crippen LogP contribution in [0.25, 0.3) is 0 Å². The maximum absolute atomic E-state index is 11.9. The van der Waals surface area contributed by atoms with Crippen molar-refractivity contribution < 1.29 is 29.1 Å². The van der Waals surface area contributed by atoms with Crippen LogP contribution in [-0.2, 0) is 14.4 Å². The van der Waals surface area contributed by atoms with Gasteiger partial charge in [-0.15, -0.1) is 5.06 Å². The molecule has 0 aliphatic carbocycles. The van der Waals surface area contributed by atoms with Gasteiger partial charge in [0.15, 0.2) is 0 Å². The van der Waals surface area contributed by atoms with Crippen LogP contribution in [0.5, 0.6) is 0 Å². The molecule has 0 spiro atoms. The van der Waals surface area contributed by atoms with Gasteiger partial charge in [-0.2, -0.15) is 0 Å². The van der Waals surface area contributed by atoms with E-state index in [-0.39, 0.29) is 26.2 Å². The van der Waals surface area contributed by atoms with Gasteiger partial charge < -0.3 is 9.84 Å². The number of hydroxylamine groups is 2. The molecule has 7 heteroatoms. The van der Waals surface area contributed by atoms with Crippen LogP contribution in [0.3, 0.4) is 0 Å². The molecule has 0 bridgehead atoms. The molecule has 1 aliphatic heterocycles. The van der Waals surface area contributed by atoms with Crippen LogP contribution < -0.4 is 0 Å². The average Bonchev–Trinajstić information content (AvgIpc) is 2.67. The van der Waals surface area contributed by atoms with Crippen LogP contribution in [0.15, 0.2) is 24.3 Å². The number of fused-ring (bicyclic) bond motifs is 1. The fraction of sp³-hybridized carbons (Fsp3) is 0.308. The molecule has 1 aliphatic rings. The Hall–Kier alpha value is -2.25. The Balaban J connectivity index is 1.79. The largest absolute Gasteiger partial charge is 0.481 e. The summed E-state index contributed by atoms with van der Waals surface area (Å²) in [6, 6.07) is 6.45. The normalized spacial score (nSPS) is 13.7. The van der Waals surface area contributed by atoms with E-state index in [0.29, 0.717) is 16.2 Å². The number of rotatable bonds is 7. The first-order valence-electron chi connectivity index (χ1n) is 6.01. The molecule has 106 valence electrons. The summed E-state index contributed by atoms with van der Waals surface area (Å²) in [4.78, 5) is 39.1. The minimum atomic E-state index is -0.953. The smallest absolute Gasteiger partial charge is 0.305 e. The first kappa shape index (κ1) is 14.2. The van der Waals surface area contributed by atoms with Crippen molar-refractivity contribution >= 4 is 17.8 Å². The van der Waals surface area contributed by atoms with Crippen molar-refractivity contribution in [2.75, 3.05) is 19.8 Å². The summed E-state index contributed by atoms with van der Waals surface area (Å²) in [5, 5.41) is 9.10. The van der Waals surface area contributed by atoms with Gasteiger partial charge in [0.2, 0.25) is 0 Å². The highest BCUT2D eigenvalue weighted by Crippen LogP contribution is 2.22. The van der Waals surface area contributed by atoms with Gasteiger partial charge in [-0.05, 0) is 12.1 Å². The molecule has 1 N–H and O–H groups in total. The number of carbonyl (C=O) groups is 3. The van der Waals surface area contributed by atoms with E-state index in [1.807, 2.05) is 0 Å². The third-order valence-corrected chi connectivity index (χ3v) is 2.67. The molecule has 0 aromatic heterocycles. The van der Waals surface area contributed by atoms with E-state index < -0.39 is 17.8 Å². The number of carboxylic acid groups (broad SMARTS) is 1. The topological polar surface area (TPSA) is 93.1 Å². The molecule has 1 aromatic rings. The SMILES string of the molecule is O=C(O)CCOCCON1C(=O)c2ccccc2C1=O. The third kappa shape index (κ3) is 3.01. The highest BCUT2D eigenvalue weighted by Gasteiger charge is 2.36. The number of aliphatic carboxylic acids is 1. The number of hydrogen-bond donors (Lipinski definition) is 1. The molecule has 2 rings (SSSR count). The van der Waals surface area contributed by atoms with Crippen LogP contribution in [0, 0.1) is 0 Å². The quantitative estimate of drug-likeness (QED) is 0.583. The third-order valence-electron chi connectivity index (χ3n) is 2.67. The number of amides is 2. The summed E-state index contributed by atoms with van der Waals surface area (Å²) in [5.74, 6) is -1.96. The second-order valence-electron chi connectivity index (χ2n) is 4.04. The molecular formula is C13H13NO6. The van der Waals surface area contributed by atoms with E-state index in [9.17, 15) is 14.4 Å². The molecule has 2 amide bonds. The van der Waals surface area contributed by atoms with Crippen LogP contribution in [0.2, 0.25) is 0 Å². The molecule has 0 unspecified atom stereocenters. The van der Waals surface area contributed by atoms with Crippen molar-refractivity contribution in [2.24, 2.45) is 0 Å². The van der Waals surface area contributed by atoms with Crippen molar-refractivity contribution in [1.29, 1.82) is 0 Å². The number of carbonyl (C=O) groups excluding carboxylic acids is 2. The lowest BCUT2D eigenvalue weighted by Gasteiger charge is -2.13. The number of imide groups is 1. The average molecular weight is 279 g/mol. The Labute approximate surface area is 114 Å². The molecule has 20 heavy (non-hydrogen) atoms. The lowest BCUT2D eigenvalue weighted by atomic mass is 10.1. The summed E-state index contributed by atoms with van der Waals surface area (Å²) in [6.45, 7) is 0.145. The maximum atomic E-state index is 11.9. The zero-order valence-electron chi connectivity index (χ0n) is 10.6. The Morgan fingerprint density at radius 2 is 1.65 bits per heavy atom. The van der Waals surface area contributed by atoms with Crippen molar-refractivity contribution in [2.45, 2.75) is 6.42 Å². The van der Waals surface area contributed by atoms with Gasteiger partial charge in [0.25, 0.3) is 11.8 Å².